The summed E-state index contributed by atoms with van der Waals surface area (Å²) in [6.45, 7) is 2.79. The molecular weight excluding hydrogens is 388 g/mol. The first-order chi connectivity index (χ1) is 14.6. The highest BCUT2D eigenvalue weighted by Crippen LogP contribution is 2.32. The molecule has 2 aromatic rings. The summed E-state index contributed by atoms with van der Waals surface area (Å²) in [4.78, 5) is 33.8. The summed E-state index contributed by atoms with van der Waals surface area (Å²) in [5.74, 6) is -0.447. The third-order valence-electron chi connectivity index (χ3n) is 5.39. The number of amides is 1. The van der Waals surface area contributed by atoms with Crippen molar-refractivity contribution in [1.29, 1.82) is 0 Å². The van der Waals surface area contributed by atoms with Crippen molar-refractivity contribution in [3.63, 3.8) is 0 Å². The second-order valence-electron chi connectivity index (χ2n) is 7.05. The zero-order valence-corrected chi connectivity index (χ0v) is 16.9. The maximum absolute atomic E-state index is 12.7. The van der Waals surface area contributed by atoms with Crippen molar-refractivity contribution in [2.75, 3.05) is 45.3 Å². The van der Waals surface area contributed by atoms with Gasteiger partial charge in [-0.15, -0.1) is 0 Å². The first-order valence-electron chi connectivity index (χ1n) is 9.75. The summed E-state index contributed by atoms with van der Waals surface area (Å²) in [6.07, 6.45) is 1.50. The Bertz CT molecular complexity index is 935. The quantitative estimate of drug-likeness (QED) is 0.599. The molecule has 0 unspecified atom stereocenters. The normalized spacial score (nSPS) is 21.7. The predicted molar refractivity (Wildman–Crippen MR) is 109 cm³/mol. The number of furan rings is 1. The van der Waals surface area contributed by atoms with Crippen LogP contribution in [0.25, 0.3) is 0 Å². The van der Waals surface area contributed by atoms with Gasteiger partial charge in [0.25, 0.3) is 0 Å². The zero-order valence-electron chi connectivity index (χ0n) is 16.9. The average molecular weight is 412 g/mol. The number of esters is 1. The molecule has 3 heterocycles. The number of hydrogen-bond donors (Lipinski definition) is 1. The van der Waals surface area contributed by atoms with Crippen molar-refractivity contribution in [1.82, 2.24) is 10.2 Å². The number of hydrogen-bond acceptors (Lipinski definition) is 8. The van der Waals surface area contributed by atoms with Gasteiger partial charge in [0.05, 0.1) is 26.2 Å². The van der Waals surface area contributed by atoms with Gasteiger partial charge in [-0.1, -0.05) is 12.1 Å². The van der Waals surface area contributed by atoms with E-state index < -0.39 is 23.8 Å². The average Bonchev–Trinajstić information content (AvgIpc) is 3.33. The molecule has 1 fully saturated rings. The van der Waals surface area contributed by atoms with E-state index in [2.05, 4.69) is 15.2 Å². The van der Waals surface area contributed by atoms with Crippen LogP contribution in [0.5, 0.6) is 5.75 Å². The van der Waals surface area contributed by atoms with Crippen molar-refractivity contribution in [3.8, 4) is 5.75 Å². The Labute approximate surface area is 174 Å². The van der Waals surface area contributed by atoms with Crippen molar-refractivity contribution >= 4 is 23.5 Å². The minimum atomic E-state index is -1.08. The first-order valence-corrected chi connectivity index (χ1v) is 9.75. The third-order valence-corrected chi connectivity index (χ3v) is 5.39. The molecule has 30 heavy (non-hydrogen) atoms. The number of carbonyl (C=O) groups excluding carboxylic acids is 2. The topological polar surface area (TPSA) is 96.6 Å². The monoisotopic (exact) mass is 412 g/mol. The summed E-state index contributed by atoms with van der Waals surface area (Å²) in [5.41, 5.74) is 1.04. The van der Waals surface area contributed by atoms with Crippen LogP contribution in [0.15, 0.2) is 52.1 Å². The number of aliphatic imine (C=N–C) groups is 1. The van der Waals surface area contributed by atoms with E-state index in [-0.39, 0.29) is 0 Å². The van der Waals surface area contributed by atoms with Gasteiger partial charge in [-0.2, -0.15) is 0 Å². The highest BCUT2D eigenvalue weighted by molar-refractivity contribution is 6.08. The lowest BCUT2D eigenvalue weighted by molar-refractivity contribution is -0.151. The molecule has 158 valence electrons. The van der Waals surface area contributed by atoms with Gasteiger partial charge >= 0.3 is 5.97 Å². The molecule has 2 atom stereocenters. The second kappa shape index (κ2) is 8.48. The fourth-order valence-electron chi connectivity index (χ4n) is 3.83. The Kier molecular flexibility index (Phi) is 5.60. The molecule has 4 rings (SSSR count). The van der Waals surface area contributed by atoms with Crippen LogP contribution in [-0.2, 0) is 14.3 Å². The number of para-hydroxylation sites is 2. The van der Waals surface area contributed by atoms with Crippen LogP contribution in [0.4, 0.5) is 5.69 Å². The number of carbonyl (C=O) groups is 2. The molecule has 0 aliphatic carbocycles. The fourth-order valence-corrected chi connectivity index (χ4v) is 3.83. The summed E-state index contributed by atoms with van der Waals surface area (Å²) < 4.78 is 15.7. The molecule has 1 aromatic carbocycles. The van der Waals surface area contributed by atoms with Crippen LogP contribution in [0.1, 0.15) is 11.8 Å². The van der Waals surface area contributed by atoms with Gasteiger partial charge in [0.15, 0.2) is 5.92 Å². The molecule has 1 amide bonds. The number of benzene rings is 1. The van der Waals surface area contributed by atoms with Crippen molar-refractivity contribution < 1.29 is 23.5 Å². The van der Waals surface area contributed by atoms with Crippen LogP contribution < -0.4 is 15.0 Å². The Morgan fingerprint density at radius 2 is 1.83 bits per heavy atom. The molecule has 1 N–H and O–H groups in total. The molecule has 0 bridgehead atoms. The molecular formula is C21H24N4O5. The minimum Gasteiger partial charge on any atom is -0.495 e. The van der Waals surface area contributed by atoms with Crippen LogP contribution in [0.3, 0.4) is 0 Å². The number of nitrogens with zero attached hydrogens (tertiary/aromatic N) is 3. The van der Waals surface area contributed by atoms with Crippen molar-refractivity contribution in [2.24, 2.45) is 10.9 Å². The third kappa shape index (κ3) is 3.70. The number of piperazine rings is 1. The predicted octanol–water partition coefficient (Wildman–Crippen LogP) is 1.43. The lowest BCUT2D eigenvalue weighted by Crippen LogP contribution is -2.57. The van der Waals surface area contributed by atoms with E-state index >= 15 is 0 Å². The molecule has 1 aromatic heterocycles. The first kappa shape index (κ1) is 19.8. The molecule has 1 saturated heterocycles. The standard InChI is InChI=1S/C21H24N4O5/c1-28-15-7-4-3-6-14(15)24-9-11-25(12-10-24)21-22-18(16-8-5-13-30-16)17(19(26)23-21)20(27)29-2/h3-8,13,17-18H,9-12H2,1-2H3,(H,22,23,26)/t17-,18+/m0/s1. The van der Waals surface area contributed by atoms with Gasteiger partial charge in [-0.3, -0.25) is 14.9 Å². The van der Waals surface area contributed by atoms with E-state index in [9.17, 15) is 9.59 Å². The molecule has 0 saturated carbocycles. The molecule has 9 heteroatoms. The molecule has 0 radical (unpaired) electrons. The second-order valence-corrected chi connectivity index (χ2v) is 7.05. The highest BCUT2D eigenvalue weighted by atomic mass is 16.5. The zero-order chi connectivity index (χ0) is 21.1. The van der Waals surface area contributed by atoms with Crippen LogP contribution in [0.2, 0.25) is 0 Å². The van der Waals surface area contributed by atoms with E-state index in [1.54, 1.807) is 19.2 Å². The maximum atomic E-state index is 12.7. The number of ether oxygens (including phenoxy) is 2. The Hall–Kier alpha value is -3.49. The fraction of sp³-hybridized carbons (Fsp3) is 0.381. The van der Waals surface area contributed by atoms with E-state index in [1.165, 1.54) is 13.4 Å². The van der Waals surface area contributed by atoms with E-state index in [0.29, 0.717) is 24.8 Å². The molecule has 2 aliphatic heterocycles. The van der Waals surface area contributed by atoms with E-state index in [1.807, 2.05) is 29.2 Å². The highest BCUT2D eigenvalue weighted by Gasteiger charge is 2.43. The number of anilines is 1. The number of nitrogens with one attached hydrogen (secondary N) is 1. The molecule has 0 spiro atoms. The summed E-state index contributed by atoms with van der Waals surface area (Å²) in [5, 5.41) is 2.77. The largest absolute Gasteiger partial charge is 0.495 e. The number of methoxy groups -OCH3 is 2. The summed E-state index contributed by atoms with van der Waals surface area (Å²) >= 11 is 0. The van der Waals surface area contributed by atoms with Gasteiger partial charge in [-0.05, 0) is 24.3 Å². The summed E-state index contributed by atoms with van der Waals surface area (Å²) in [7, 11) is 2.92. The Balaban J connectivity index is 1.53. The van der Waals surface area contributed by atoms with Crippen LogP contribution >= 0.6 is 0 Å². The molecule has 9 nitrogen and oxygen atoms in total. The van der Waals surface area contributed by atoms with Gasteiger partial charge < -0.3 is 23.7 Å². The van der Waals surface area contributed by atoms with Gasteiger partial charge in [0.2, 0.25) is 11.9 Å². The van der Waals surface area contributed by atoms with E-state index in [0.717, 1.165) is 24.5 Å². The van der Waals surface area contributed by atoms with Crippen LogP contribution in [0, 0.1) is 5.92 Å². The number of rotatable bonds is 4. The molecule has 2 aliphatic rings. The number of guanidine groups is 1. The van der Waals surface area contributed by atoms with Gasteiger partial charge in [-0.25, -0.2) is 4.99 Å². The maximum Gasteiger partial charge on any atom is 0.320 e. The van der Waals surface area contributed by atoms with Crippen molar-refractivity contribution in [3.05, 3.63) is 48.4 Å². The van der Waals surface area contributed by atoms with Crippen LogP contribution in [-0.4, -0.2) is 63.1 Å². The van der Waals surface area contributed by atoms with E-state index in [4.69, 9.17) is 13.9 Å². The van der Waals surface area contributed by atoms with Crippen molar-refractivity contribution in [2.45, 2.75) is 6.04 Å². The lowest BCUT2D eigenvalue weighted by Gasteiger charge is -2.39. The van der Waals surface area contributed by atoms with Gasteiger partial charge in [0.1, 0.15) is 17.6 Å². The Morgan fingerprint density at radius 1 is 1.10 bits per heavy atom. The Morgan fingerprint density at radius 3 is 2.50 bits per heavy atom. The minimum absolute atomic E-state index is 0.444. The summed E-state index contributed by atoms with van der Waals surface area (Å²) in [6, 6.07) is 10.5. The smallest absolute Gasteiger partial charge is 0.320 e. The lowest BCUT2D eigenvalue weighted by atomic mass is 9.95. The van der Waals surface area contributed by atoms with Gasteiger partial charge in [0, 0.05) is 26.2 Å². The SMILES string of the molecule is COC(=O)[C@@H]1C(=O)NC(N2CCN(c3ccccc3OC)CC2)=N[C@@H]1c1ccco1.